The van der Waals surface area contributed by atoms with Gasteiger partial charge in [-0.25, -0.2) is 4.68 Å². The molecule has 0 saturated carbocycles. The molecule has 6 heteroatoms. The van der Waals surface area contributed by atoms with Crippen LogP contribution in [-0.2, 0) is 9.59 Å². The maximum Gasteiger partial charge on any atom is 0.298 e. The summed E-state index contributed by atoms with van der Waals surface area (Å²) in [4.78, 5) is 25.3. The van der Waals surface area contributed by atoms with E-state index in [1.165, 1.54) is 6.92 Å². The van der Waals surface area contributed by atoms with Crippen molar-refractivity contribution in [1.82, 2.24) is 14.7 Å². The molecule has 1 N–H and O–H groups in total. The number of amides is 2. The lowest BCUT2D eigenvalue weighted by atomic mass is 10.1. The van der Waals surface area contributed by atoms with Crippen molar-refractivity contribution in [3.8, 4) is 11.8 Å². The highest BCUT2D eigenvalue weighted by atomic mass is 16.2. The van der Waals surface area contributed by atoms with Gasteiger partial charge in [0.05, 0.1) is 12.2 Å². The smallest absolute Gasteiger partial charge is 0.298 e. The van der Waals surface area contributed by atoms with Crippen LogP contribution >= 0.6 is 0 Å². The highest BCUT2D eigenvalue weighted by Gasteiger charge is 2.24. The number of carbonyl (C=O) groups excluding carboxylic acids is 2. The maximum atomic E-state index is 12.2. The van der Waals surface area contributed by atoms with Crippen LogP contribution in [0.25, 0.3) is 0 Å². The Bertz CT molecular complexity index is 809. The molecule has 0 aliphatic carbocycles. The lowest BCUT2D eigenvalue weighted by Gasteiger charge is -2.31. The second kappa shape index (κ2) is 7.67. The fourth-order valence-electron chi connectivity index (χ4n) is 2.92. The fourth-order valence-corrected chi connectivity index (χ4v) is 2.92. The van der Waals surface area contributed by atoms with E-state index < -0.39 is 0 Å². The molecular weight excluding hydrogens is 316 g/mol. The van der Waals surface area contributed by atoms with Crippen molar-refractivity contribution in [2.45, 2.75) is 25.8 Å². The minimum atomic E-state index is -0.148. The van der Waals surface area contributed by atoms with Gasteiger partial charge < -0.3 is 10.2 Å². The van der Waals surface area contributed by atoms with Crippen molar-refractivity contribution in [2.75, 3.05) is 18.4 Å². The van der Waals surface area contributed by atoms with E-state index in [4.69, 9.17) is 0 Å². The van der Waals surface area contributed by atoms with E-state index >= 15 is 0 Å². The molecule has 25 heavy (non-hydrogen) atoms. The molecule has 0 unspecified atom stereocenters. The van der Waals surface area contributed by atoms with E-state index in [0.29, 0.717) is 18.9 Å². The van der Waals surface area contributed by atoms with Gasteiger partial charge in [-0.2, -0.15) is 5.10 Å². The van der Waals surface area contributed by atoms with Crippen LogP contribution in [0.15, 0.2) is 42.6 Å². The van der Waals surface area contributed by atoms with Gasteiger partial charge >= 0.3 is 0 Å². The molecule has 1 aromatic carbocycles. The van der Waals surface area contributed by atoms with Gasteiger partial charge in [-0.3, -0.25) is 9.59 Å². The van der Waals surface area contributed by atoms with Crippen LogP contribution in [0.5, 0.6) is 0 Å². The number of aromatic nitrogens is 2. The first kappa shape index (κ1) is 16.8. The Kier molecular flexibility index (Phi) is 5.14. The molecule has 3 rings (SSSR count). The van der Waals surface area contributed by atoms with E-state index in [1.54, 1.807) is 17.2 Å². The average Bonchev–Trinajstić information content (AvgIpc) is 3.08. The highest BCUT2D eigenvalue weighted by Crippen LogP contribution is 2.25. The number of anilines is 1. The normalized spacial score (nSPS) is 14.5. The van der Waals surface area contributed by atoms with E-state index in [1.807, 2.05) is 35.0 Å². The zero-order valence-corrected chi connectivity index (χ0v) is 14.1. The number of benzene rings is 1. The fraction of sp³-hybridized carbons (Fsp3) is 0.316. The first-order valence-corrected chi connectivity index (χ1v) is 8.30. The number of carbonyl (C=O) groups is 2. The molecule has 1 fully saturated rings. The van der Waals surface area contributed by atoms with Crippen LogP contribution in [-0.4, -0.2) is 39.6 Å². The second-order valence-electron chi connectivity index (χ2n) is 5.98. The number of hydrogen-bond acceptors (Lipinski definition) is 3. The number of hydrogen-bond donors (Lipinski definition) is 1. The summed E-state index contributed by atoms with van der Waals surface area (Å²) in [7, 11) is 0. The lowest BCUT2D eigenvalue weighted by molar-refractivity contribution is -0.126. The Morgan fingerprint density at radius 2 is 1.88 bits per heavy atom. The number of rotatable bonds is 2. The van der Waals surface area contributed by atoms with Gasteiger partial charge in [0.1, 0.15) is 5.82 Å². The standard InChI is InChI=1S/C19H20N4O2/c1-15(24)21-18-9-12-20-23(18)17-10-13-22(14-11-17)19(25)8-7-16-5-3-2-4-6-16/h2-6,9,12,17H,10-11,13-14H2,1H3,(H,21,24). The summed E-state index contributed by atoms with van der Waals surface area (Å²) in [5.74, 6) is 6.05. The van der Waals surface area contributed by atoms with E-state index in [9.17, 15) is 9.59 Å². The molecule has 1 aliphatic rings. The van der Waals surface area contributed by atoms with Crippen LogP contribution in [0, 0.1) is 11.8 Å². The number of piperidine rings is 1. The Morgan fingerprint density at radius 1 is 1.16 bits per heavy atom. The molecule has 6 nitrogen and oxygen atoms in total. The van der Waals surface area contributed by atoms with Gasteiger partial charge in [0.15, 0.2) is 0 Å². The lowest BCUT2D eigenvalue weighted by Crippen LogP contribution is -2.38. The third-order valence-corrected chi connectivity index (χ3v) is 4.16. The molecule has 128 valence electrons. The molecule has 0 spiro atoms. The molecule has 2 aromatic rings. The number of nitrogens with one attached hydrogen (secondary N) is 1. The maximum absolute atomic E-state index is 12.2. The number of nitrogens with zero attached hydrogens (tertiary/aromatic N) is 3. The molecule has 0 atom stereocenters. The predicted molar refractivity (Wildman–Crippen MR) is 94.7 cm³/mol. The third-order valence-electron chi connectivity index (χ3n) is 4.16. The first-order valence-electron chi connectivity index (χ1n) is 8.30. The van der Waals surface area contributed by atoms with Crippen molar-refractivity contribution in [3.63, 3.8) is 0 Å². The van der Waals surface area contributed by atoms with Crippen molar-refractivity contribution < 1.29 is 9.59 Å². The molecule has 0 bridgehead atoms. The van der Waals surface area contributed by atoms with E-state index in [-0.39, 0.29) is 17.9 Å². The summed E-state index contributed by atoms with van der Waals surface area (Å²) in [5, 5.41) is 7.09. The average molecular weight is 336 g/mol. The summed E-state index contributed by atoms with van der Waals surface area (Å²) in [5.41, 5.74) is 0.835. The highest BCUT2D eigenvalue weighted by molar-refractivity contribution is 5.94. The molecule has 1 aliphatic heterocycles. The second-order valence-corrected chi connectivity index (χ2v) is 5.98. The van der Waals surface area contributed by atoms with Gasteiger partial charge in [-0.1, -0.05) is 24.1 Å². The quantitative estimate of drug-likeness (QED) is 0.854. The topological polar surface area (TPSA) is 67.2 Å². The minimum Gasteiger partial charge on any atom is -0.332 e. The van der Waals surface area contributed by atoms with E-state index in [0.717, 1.165) is 18.4 Å². The van der Waals surface area contributed by atoms with Gasteiger partial charge in [-0.05, 0) is 25.0 Å². The molecule has 1 aromatic heterocycles. The van der Waals surface area contributed by atoms with Crippen molar-refractivity contribution >= 4 is 17.6 Å². The molecule has 1 saturated heterocycles. The molecule has 2 amide bonds. The summed E-state index contributed by atoms with van der Waals surface area (Å²) in [6.45, 7) is 2.74. The summed E-state index contributed by atoms with van der Waals surface area (Å²) >= 11 is 0. The van der Waals surface area contributed by atoms with Crippen molar-refractivity contribution in [2.24, 2.45) is 0 Å². The Labute approximate surface area is 146 Å². The Morgan fingerprint density at radius 3 is 2.56 bits per heavy atom. The van der Waals surface area contributed by atoms with Gasteiger partial charge in [0.25, 0.3) is 5.91 Å². The molecular formula is C19H20N4O2. The van der Waals surface area contributed by atoms with Gasteiger partial charge in [0, 0.05) is 37.6 Å². The summed E-state index contributed by atoms with van der Waals surface area (Å²) < 4.78 is 1.83. The van der Waals surface area contributed by atoms with Crippen LogP contribution in [0.2, 0.25) is 0 Å². The predicted octanol–water partition coefficient (Wildman–Crippen LogP) is 2.06. The Hall–Kier alpha value is -3.07. The van der Waals surface area contributed by atoms with Gasteiger partial charge in [-0.15, -0.1) is 0 Å². The van der Waals surface area contributed by atoms with Crippen molar-refractivity contribution in [3.05, 3.63) is 48.2 Å². The van der Waals surface area contributed by atoms with Crippen molar-refractivity contribution in [1.29, 1.82) is 0 Å². The van der Waals surface area contributed by atoms with Crippen LogP contribution in [0.3, 0.4) is 0 Å². The van der Waals surface area contributed by atoms with Crippen LogP contribution in [0.1, 0.15) is 31.4 Å². The largest absolute Gasteiger partial charge is 0.332 e. The number of likely N-dealkylation sites (tertiary alicyclic amines) is 1. The molecule has 2 heterocycles. The van der Waals surface area contributed by atoms with Crippen LogP contribution < -0.4 is 5.32 Å². The summed E-state index contributed by atoms with van der Waals surface area (Å²) in [6.07, 6.45) is 3.24. The molecule has 0 radical (unpaired) electrons. The first-order chi connectivity index (χ1) is 12.1. The Balaban J connectivity index is 1.59. The monoisotopic (exact) mass is 336 g/mol. The van der Waals surface area contributed by atoms with Gasteiger partial charge in [0.2, 0.25) is 5.91 Å². The third kappa shape index (κ3) is 4.27. The van der Waals surface area contributed by atoms with Crippen LogP contribution in [0.4, 0.5) is 5.82 Å². The zero-order valence-electron chi connectivity index (χ0n) is 14.1. The summed E-state index contributed by atoms with van der Waals surface area (Å²) in [6, 6.07) is 11.4. The minimum absolute atomic E-state index is 0.120. The zero-order chi connectivity index (χ0) is 17.6. The SMILES string of the molecule is CC(=O)Nc1ccnn1C1CCN(C(=O)C#Cc2ccccc2)CC1. The van der Waals surface area contributed by atoms with E-state index in [2.05, 4.69) is 22.3 Å².